The number of aromatic nitrogens is 1. The molecule has 0 bridgehead atoms. The third-order valence-electron chi connectivity index (χ3n) is 5.24. The first kappa shape index (κ1) is 19.2. The maximum atomic E-state index is 12.6. The van der Waals surface area contributed by atoms with Gasteiger partial charge in [-0.05, 0) is 30.2 Å². The lowest BCUT2D eigenvalue weighted by Crippen LogP contribution is -2.46. The van der Waals surface area contributed by atoms with Gasteiger partial charge in [0.2, 0.25) is 0 Å². The molecule has 5 nitrogen and oxygen atoms in total. The van der Waals surface area contributed by atoms with Gasteiger partial charge in [0, 0.05) is 32.2 Å². The topological polar surface area (TPSA) is 57.3 Å². The van der Waals surface area contributed by atoms with Crippen molar-refractivity contribution in [1.29, 1.82) is 0 Å². The van der Waals surface area contributed by atoms with Crippen LogP contribution in [0.5, 0.6) is 0 Å². The van der Waals surface area contributed by atoms with Crippen molar-refractivity contribution in [3.05, 3.63) is 95.2 Å². The fraction of sp³-hybridized carbons (Fsp3) is 0.250. The largest absolute Gasteiger partial charge is 0.353 e. The summed E-state index contributed by atoms with van der Waals surface area (Å²) in [7, 11) is 0. The van der Waals surface area contributed by atoms with Crippen LogP contribution in [0.1, 0.15) is 33.2 Å². The highest BCUT2D eigenvalue weighted by Crippen LogP contribution is 2.21. The Morgan fingerprint density at radius 2 is 1.86 bits per heavy atom. The van der Waals surface area contributed by atoms with Gasteiger partial charge in [-0.25, -0.2) is 4.98 Å². The molecule has 1 fully saturated rings. The van der Waals surface area contributed by atoms with Crippen molar-refractivity contribution >= 4 is 11.7 Å². The van der Waals surface area contributed by atoms with Crippen LogP contribution in [0.4, 0.5) is 5.82 Å². The molecular weight excluding hydrogens is 360 g/mol. The maximum absolute atomic E-state index is 12.6. The van der Waals surface area contributed by atoms with Gasteiger partial charge in [-0.3, -0.25) is 4.79 Å². The summed E-state index contributed by atoms with van der Waals surface area (Å²) in [5.41, 5.74) is 4.00. The maximum Gasteiger partial charge on any atom is 0.270 e. The predicted molar refractivity (Wildman–Crippen MR) is 116 cm³/mol. The number of nitrogens with zero attached hydrogens (tertiary/aromatic N) is 2. The van der Waals surface area contributed by atoms with Gasteiger partial charge in [0.15, 0.2) is 0 Å². The van der Waals surface area contributed by atoms with Gasteiger partial charge >= 0.3 is 0 Å². The molecule has 1 aliphatic rings. The van der Waals surface area contributed by atoms with Crippen molar-refractivity contribution < 1.29 is 4.79 Å². The Kier molecular flexibility index (Phi) is 5.86. The summed E-state index contributed by atoms with van der Waals surface area (Å²) < 4.78 is 0. The molecule has 148 valence electrons. The SMILES string of the molecule is Cc1ccc(CNC(=O)c2cccc(N3CCN[C@@H](c4ccccc4)C3)n2)cc1. The number of benzene rings is 2. The summed E-state index contributed by atoms with van der Waals surface area (Å²) in [4.78, 5) is 19.5. The molecule has 4 rings (SSSR count). The van der Waals surface area contributed by atoms with E-state index in [1.807, 2.05) is 42.5 Å². The Morgan fingerprint density at radius 1 is 1.07 bits per heavy atom. The second kappa shape index (κ2) is 8.88. The number of carbonyl (C=O) groups is 1. The fourth-order valence-corrected chi connectivity index (χ4v) is 3.57. The van der Waals surface area contributed by atoms with Crippen LogP contribution >= 0.6 is 0 Å². The number of aryl methyl sites for hydroxylation is 1. The van der Waals surface area contributed by atoms with Crippen LogP contribution in [0.2, 0.25) is 0 Å². The van der Waals surface area contributed by atoms with Gasteiger partial charge in [0.05, 0.1) is 0 Å². The van der Waals surface area contributed by atoms with Crippen molar-refractivity contribution in [2.45, 2.75) is 19.5 Å². The molecule has 0 aliphatic carbocycles. The average Bonchev–Trinajstić information content (AvgIpc) is 2.79. The molecule has 29 heavy (non-hydrogen) atoms. The molecule has 0 radical (unpaired) electrons. The average molecular weight is 386 g/mol. The highest BCUT2D eigenvalue weighted by molar-refractivity contribution is 5.92. The number of anilines is 1. The van der Waals surface area contributed by atoms with E-state index in [1.54, 1.807) is 6.07 Å². The number of rotatable bonds is 5. The zero-order chi connectivity index (χ0) is 20.1. The Bertz CT molecular complexity index is 956. The van der Waals surface area contributed by atoms with Crippen LogP contribution in [0.25, 0.3) is 0 Å². The van der Waals surface area contributed by atoms with Crippen molar-refractivity contribution in [2.75, 3.05) is 24.5 Å². The quantitative estimate of drug-likeness (QED) is 0.705. The van der Waals surface area contributed by atoms with Crippen molar-refractivity contribution in [1.82, 2.24) is 15.6 Å². The van der Waals surface area contributed by atoms with Crippen LogP contribution in [0, 0.1) is 6.92 Å². The number of piperazine rings is 1. The van der Waals surface area contributed by atoms with Crippen LogP contribution < -0.4 is 15.5 Å². The summed E-state index contributed by atoms with van der Waals surface area (Å²) in [6.07, 6.45) is 0. The summed E-state index contributed by atoms with van der Waals surface area (Å²) in [5.74, 6) is 0.692. The zero-order valence-corrected chi connectivity index (χ0v) is 16.6. The van der Waals surface area contributed by atoms with E-state index in [-0.39, 0.29) is 11.9 Å². The van der Waals surface area contributed by atoms with E-state index in [0.717, 1.165) is 31.0 Å². The van der Waals surface area contributed by atoms with E-state index >= 15 is 0 Å². The number of hydrogen-bond acceptors (Lipinski definition) is 4. The fourth-order valence-electron chi connectivity index (χ4n) is 3.57. The molecule has 1 atom stereocenters. The molecule has 2 heterocycles. The normalized spacial score (nSPS) is 16.4. The summed E-state index contributed by atoms with van der Waals surface area (Å²) >= 11 is 0. The van der Waals surface area contributed by atoms with E-state index < -0.39 is 0 Å². The monoisotopic (exact) mass is 386 g/mol. The van der Waals surface area contributed by atoms with Crippen LogP contribution in [-0.2, 0) is 6.54 Å². The van der Waals surface area contributed by atoms with Crippen molar-refractivity contribution in [3.8, 4) is 0 Å². The Hall–Kier alpha value is -3.18. The highest BCUT2D eigenvalue weighted by atomic mass is 16.1. The van der Waals surface area contributed by atoms with Gasteiger partial charge in [0.1, 0.15) is 11.5 Å². The number of nitrogens with one attached hydrogen (secondary N) is 2. The molecule has 1 saturated heterocycles. The Balaban J connectivity index is 1.42. The highest BCUT2D eigenvalue weighted by Gasteiger charge is 2.22. The van der Waals surface area contributed by atoms with Crippen LogP contribution in [-0.4, -0.2) is 30.5 Å². The minimum absolute atomic E-state index is 0.151. The predicted octanol–water partition coefficient (Wildman–Crippen LogP) is 3.47. The molecule has 3 aromatic rings. The molecule has 0 spiro atoms. The zero-order valence-electron chi connectivity index (χ0n) is 16.6. The van der Waals surface area contributed by atoms with Gasteiger partial charge < -0.3 is 15.5 Å². The van der Waals surface area contributed by atoms with Crippen molar-refractivity contribution in [2.24, 2.45) is 0 Å². The third-order valence-corrected chi connectivity index (χ3v) is 5.24. The molecule has 0 unspecified atom stereocenters. The van der Waals surface area contributed by atoms with E-state index in [4.69, 9.17) is 0 Å². The minimum atomic E-state index is -0.151. The third kappa shape index (κ3) is 4.81. The number of amides is 1. The second-order valence-electron chi connectivity index (χ2n) is 7.41. The van der Waals surface area contributed by atoms with Crippen LogP contribution in [0.15, 0.2) is 72.8 Å². The molecule has 2 aromatic carbocycles. The lowest BCUT2D eigenvalue weighted by molar-refractivity contribution is 0.0946. The molecule has 1 aromatic heterocycles. The molecule has 1 amide bonds. The first-order valence-electron chi connectivity index (χ1n) is 10.0. The standard InChI is InChI=1S/C24H26N4O/c1-18-10-12-19(13-11-18)16-26-24(29)21-8-5-9-23(27-21)28-15-14-25-22(17-28)20-6-3-2-4-7-20/h2-13,22,25H,14-17H2,1H3,(H,26,29)/t22-/m1/s1. The first-order chi connectivity index (χ1) is 14.2. The minimum Gasteiger partial charge on any atom is -0.353 e. The number of hydrogen-bond donors (Lipinski definition) is 2. The number of carbonyl (C=O) groups excluding carboxylic acids is 1. The summed E-state index contributed by atoms with van der Waals surface area (Å²) in [6.45, 7) is 5.12. The molecule has 0 saturated carbocycles. The Morgan fingerprint density at radius 3 is 2.66 bits per heavy atom. The summed E-state index contributed by atoms with van der Waals surface area (Å²) in [5, 5.41) is 6.53. The molecule has 2 N–H and O–H groups in total. The van der Waals surface area contributed by atoms with Crippen LogP contribution in [0.3, 0.4) is 0 Å². The molecular formula is C24H26N4O. The van der Waals surface area contributed by atoms with Crippen molar-refractivity contribution in [3.63, 3.8) is 0 Å². The van der Waals surface area contributed by atoms with Gasteiger partial charge in [0.25, 0.3) is 5.91 Å². The Labute approximate surface area is 171 Å². The molecule has 1 aliphatic heterocycles. The van der Waals surface area contributed by atoms with E-state index in [1.165, 1.54) is 11.1 Å². The second-order valence-corrected chi connectivity index (χ2v) is 7.41. The van der Waals surface area contributed by atoms with E-state index in [2.05, 4.69) is 51.7 Å². The molecule has 5 heteroatoms. The van der Waals surface area contributed by atoms with Gasteiger partial charge in [-0.15, -0.1) is 0 Å². The first-order valence-corrected chi connectivity index (χ1v) is 10.0. The van der Waals surface area contributed by atoms with E-state index in [9.17, 15) is 4.79 Å². The van der Waals surface area contributed by atoms with E-state index in [0.29, 0.717) is 12.2 Å². The van der Waals surface area contributed by atoms with Gasteiger partial charge in [-0.1, -0.05) is 66.2 Å². The number of pyridine rings is 1. The summed E-state index contributed by atoms with van der Waals surface area (Å²) in [6, 6.07) is 24.5. The lowest BCUT2D eigenvalue weighted by Gasteiger charge is -2.34. The lowest BCUT2D eigenvalue weighted by atomic mass is 10.0. The smallest absolute Gasteiger partial charge is 0.270 e. The van der Waals surface area contributed by atoms with Gasteiger partial charge in [-0.2, -0.15) is 0 Å².